The minimum absolute atomic E-state index is 0.0183. The van der Waals surface area contributed by atoms with Crippen molar-refractivity contribution >= 4 is 34.4 Å². The van der Waals surface area contributed by atoms with E-state index in [1.165, 1.54) is 0 Å². The van der Waals surface area contributed by atoms with Gasteiger partial charge in [0.15, 0.2) is 6.04 Å². The number of carbonyl (C=O) groups is 2. The fraction of sp³-hybridized carbons (Fsp3) is 0.659. The average Bonchev–Trinajstić information content (AvgIpc) is 3.37. The molecule has 2 amide bonds. The lowest BCUT2D eigenvalue weighted by molar-refractivity contribution is -0.121. The van der Waals surface area contributed by atoms with Gasteiger partial charge < -0.3 is 25.7 Å². The van der Waals surface area contributed by atoms with Gasteiger partial charge in [-0.05, 0) is 82.2 Å². The standard InChI is InChI=1S/C44H66N4O4/c1-13-17-19-27(15-3)41(51)45-33-23-35-31(43(7,8)25(5)47(35)11)21-29(33)37-39(49)38(40(37)50)30-22-32-36(48(12)26(6)44(32,9)10)24-34(30)46-42(52)28(16-4)20-18-14-2/h21-28,37,39-40,49-50H,13-20H2,1-12H3,(H,45,51)/p+1. The van der Waals surface area contributed by atoms with Crippen LogP contribution in [0.5, 0.6) is 0 Å². The average molecular weight is 716 g/mol. The van der Waals surface area contributed by atoms with Gasteiger partial charge in [-0.15, -0.1) is 0 Å². The fourth-order valence-electron chi connectivity index (χ4n) is 9.06. The number of fused-ring (bicyclic) bond motifs is 2. The molecule has 5 rings (SSSR count). The second-order valence-corrected chi connectivity index (χ2v) is 17.2. The normalized spacial score (nSPS) is 25.3. The van der Waals surface area contributed by atoms with E-state index in [0.29, 0.717) is 22.2 Å². The van der Waals surface area contributed by atoms with Crippen molar-refractivity contribution in [3.05, 3.63) is 51.5 Å². The predicted octanol–water partition coefficient (Wildman–Crippen LogP) is 6.58. The number of nitrogens with one attached hydrogen (secondary N) is 2. The Labute approximate surface area is 312 Å². The van der Waals surface area contributed by atoms with Crippen LogP contribution in [0.3, 0.4) is 0 Å². The Morgan fingerprint density at radius 1 is 0.808 bits per heavy atom. The van der Waals surface area contributed by atoms with E-state index in [2.05, 4.69) is 122 Å². The Morgan fingerprint density at radius 3 is 1.87 bits per heavy atom. The molecule has 2 aromatic carbocycles. The first-order valence-electron chi connectivity index (χ1n) is 20.1. The molecule has 1 aliphatic carbocycles. The van der Waals surface area contributed by atoms with Gasteiger partial charge in [-0.1, -0.05) is 73.3 Å². The molecule has 0 radical (unpaired) electrons. The number of unbranched alkanes of at least 4 members (excludes halogenated alkanes) is 2. The van der Waals surface area contributed by atoms with Crippen LogP contribution < -0.4 is 30.7 Å². The summed E-state index contributed by atoms with van der Waals surface area (Å²) < 4.78 is 2.26. The maximum Gasteiger partial charge on any atom is 0.227 e. The number of aliphatic hydroxyl groups is 2. The van der Waals surface area contributed by atoms with E-state index < -0.39 is 18.1 Å². The van der Waals surface area contributed by atoms with Crippen molar-refractivity contribution in [1.29, 1.82) is 0 Å². The van der Waals surface area contributed by atoms with Gasteiger partial charge in [0.2, 0.25) is 17.2 Å². The number of anilines is 3. The molecule has 286 valence electrons. The number of rotatable bonds is 13. The topological polar surface area (TPSA) is 105 Å². The van der Waals surface area contributed by atoms with E-state index in [1.54, 1.807) is 0 Å². The summed E-state index contributed by atoms with van der Waals surface area (Å²) in [4.78, 5) is 29.8. The molecule has 8 heteroatoms. The van der Waals surface area contributed by atoms with Gasteiger partial charge >= 0.3 is 0 Å². The molecule has 0 saturated heterocycles. The SMILES string of the molecule is CCCCC(CC)C(=O)Nc1cc2c(cc1C1C(O)C(=c3cc4c(cc3NC(=O)C(CC)CCCC)=[N+](C)C(C)C4(C)C)C1O)C(C)(C)C(C)N2C. The monoisotopic (exact) mass is 716 g/mol. The Hall–Kier alpha value is -3.23. The van der Waals surface area contributed by atoms with Crippen molar-refractivity contribution in [2.45, 2.75) is 162 Å². The molecule has 2 aliphatic heterocycles. The minimum Gasteiger partial charge on any atom is -0.388 e. The summed E-state index contributed by atoms with van der Waals surface area (Å²) in [6, 6.07) is 8.76. The zero-order chi connectivity index (χ0) is 38.4. The third-order valence-electron chi connectivity index (χ3n) is 13.7. The van der Waals surface area contributed by atoms with Crippen LogP contribution in [-0.4, -0.2) is 60.4 Å². The molecule has 2 aromatic rings. The summed E-state index contributed by atoms with van der Waals surface area (Å²) in [5, 5.41) is 32.7. The van der Waals surface area contributed by atoms with Gasteiger partial charge in [-0.25, -0.2) is 4.58 Å². The largest absolute Gasteiger partial charge is 0.388 e. The molecule has 4 N–H and O–H groups in total. The van der Waals surface area contributed by atoms with Gasteiger partial charge in [0.1, 0.15) is 7.05 Å². The molecule has 6 unspecified atom stereocenters. The summed E-state index contributed by atoms with van der Waals surface area (Å²) >= 11 is 0. The zero-order valence-corrected chi connectivity index (χ0v) is 34.1. The number of amides is 2. The van der Waals surface area contributed by atoms with E-state index in [-0.39, 0.29) is 46.6 Å². The van der Waals surface area contributed by atoms with Crippen molar-refractivity contribution in [3.8, 4) is 0 Å². The van der Waals surface area contributed by atoms with Gasteiger partial charge in [-0.3, -0.25) is 9.59 Å². The van der Waals surface area contributed by atoms with Gasteiger partial charge in [0.25, 0.3) is 0 Å². The fourth-order valence-corrected chi connectivity index (χ4v) is 9.06. The van der Waals surface area contributed by atoms with E-state index in [9.17, 15) is 19.8 Å². The second kappa shape index (κ2) is 15.3. The number of likely N-dealkylation sites (N-methyl/N-ethyl adjacent to an activating group) is 2. The van der Waals surface area contributed by atoms with Crippen molar-refractivity contribution in [3.63, 3.8) is 0 Å². The third kappa shape index (κ3) is 6.72. The second-order valence-electron chi connectivity index (χ2n) is 17.2. The summed E-state index contributed by atoms with van der Waals surface area (Å²) in [6.07, 6.45) is 5.13. The highest BCUT2D eigenvalue weighted by atomic mass is 16.3. The van der Waals surface area contributed by atoms with Gasteiger partial charge in [-0.2, -0.15) is 0 Å². The maximum absolute atomic E-state index is 13.8. The quantitative estimate of drug-likeness (QED) is 0.176. The van der Waals surface area contributed by atoms with E-state index in [4.69, 9.17) is 0 Å². The van der Waals surface area contributed by atoms with Gasteiger partial charge in [0.05, 0.1) is 23.3 Å². The molecular formula is C44H67N4O4+. The van der Waals surface area contributed by atoms with E-state index in [0.717, 1.165) is 79.1 Å². The number of hydrogen-bond acceptors (Lipinski definition) is 5. The lowest BCUT2D eigenvalue weighted by Crippen LogP contribution is -2.50. The highest BCUT2D eigenvalue weighted by Crippen LogP contribution is 2.51. The van der Waals surface area contributed by atoms with Crippen LogP contribution >= 0.6 is 0 Å². The lowest BCUT2D eigenvalue weighted by Gasteiger charge is -2.43. The van der Waals surface area contributed by atoms with Crippen LogP contribution in [0.1, 0.15) is 143 Å². The smallest absolute Gasteiger partial charge is 0.227 e. The Morgan fingerprint density at radius 2 is 1.35 bits per heavy atom. The molecule has 6 atom stereocenters. The summed E-state index contributed by atoms with van der Waals surface area (Å²) in [5.74, 6) is -0.923. The predicted molar refractivity (Wildman–Crippen MR) is 215 cm³/mol. The number of aliphatic hydroxyl groups excluding tert-OH is 2. The lowest BCUT2D eigenvalue weighted by atomic mass is 9.67. The molecule has 3 aliphatic rings. The van der Waals surface area contributed by atoms with Crippen LogP contribution in [0.4, 0.5) is 17.1 Å². The minimum atomic E-state index is -1.01. The number of benzene rings is 2. The van der Waals surface area contributed by atoms with Crippen molar-refractivity contribution in [2.75, 3.05) is 29.6 Å². The van der Waals surface area contributed by atoms with Crippen molar-refractivity contribution in [2.24, 2.45) is 11.8 Å². The first-order valence-corrected chi connectivity index (χ1v) is 20.1. The maximum atomic E-state index is 13.8. The zero-order valence-electron chi connectivity index (χ0n) is 34.1. The molecule has 1 saturated carbocycles. The molecule has 2 heterocycles. The van der Waals surface area contributed by atoms with Crippen molar-refractivity contribution < 1.29 is 19.8 Å². The van der Waals surface area contributed by atoms with Crippen LogP contribution in [0, 0.1) is 11.8 Å². The molecule has 0 spiro atoms. The van der Waals surface area contributed by atoms with E-state index in [1.807, 2.05) is 6.07 Å². The molecular weight excluding hydrogens is 649 g/mol. The Kier molecular flexibility index (Phi) is 11.7. The van der Waals surface area contributed by atoms with Crippen LogP contribution in [-0.2, 0) is 20.4 Å². The van der Waals surface area contributed by atoms with Crippen LogP contribution in [0.25, 0.3) is 5.57 Å². The highest BCUT2D eigenvalue weighted by molar-refractivity contribution is 5.95. The molecule has 0 aromatic heterocycles. The molecule has 0 bridgehead atoms. The third-order valence-corrected chi connectivity index (χ3v) is 13.7. The molecule has 8 nitrogen and oxygen atoms in total. The Bertz CT molecular complexity index is 1800. The first kappa shape index (κ1) is 40.0. The number of nitrogens with zero attached hydrogens (tertiary/aromatic N) is 2. The number of hydrogen-bond donors (Lipinski definition) is 4. The summed E-state index contributed by atoms with van der Waals surface area (Å²) in [7, 11) is 4.18. The molecule has 1 fully saturated rings. The van der Waals surface area contributed by atoms with Crippen LogP contribution in [0.15, 0.2) is 24.3 Å². The summed E-state index contributed by atoms with van der Waals surface area (Å²) in [5.41, 5.74) is 5.51. The van der Waals surface area contributed by atoms with Crippen LogP contribution in [0.2, 0.25) is 0 Å². The molecule has 52 heavy (non-hydrogen) atoms. The first-order chi connectivity index (χ1) is 24.5. The summed E-state index contributed by atoms with van der Waals surface area (Å²) in [6.45, 7) is 21.7. The Balaban J connectivity index is 1.65. The van der Waals surface area contributed by atoms with Crippen molar-refractivity contribution in [1.82, 2.24) is 4.58 Å². The van der Waals surface area contributed by atoms with E-state index >= 15 is 0 Å². The number of carbonyl (C=O) groups excluding carboxylic acids is 2. The highest BCUT2D eigenvalue weighted by Gasteiger charge is 2.50. The van der Waals surface area contributed by atoms with Gasteiger partial charge in [0, 0.05) is 64.5 Å².